The number of rotatable bonds is 8. The van der Waals surface area contributed by atoms with Gasteiger partial charge in [0.05, 0.1) is 35.4 Å². The lowest BCUT2D eigenvalue weighted by Crippen LogP contribution is -2.29. The Kier molecular flexibility index (Phi) is 7.28. The molecule has 3 aromatic carbocycles. The number of benzene rings is 3. The number of aryl methyl sites for hydroxylation is 1. The van der Waals surface area contributed by atoms with Crippen molar-refractivity contribution in [3.8, 4) is 28.6 Å². The number of ether oxygens (including phenoxy) is 2. The van der Waals surface area contributed by atoms with Gasteiger partial charge in [0.25, 0.3) is 5.69 Å². The van der Waals surface area contributed by atoms with Gasteiger partial charge < -0.3 is 24.1 Å². The summed E-state index contributed by atoms with van der Waals surface area (Å²) in [5.41, 5.74) is 3.23. The van der Waals surface area contributed by atoms with Crippen molar-refractivity contribution >= 4 is 28.7 Å². The minimum atomic E-state index is -0.461. The van der Waals surface area contributed by atoms with E-state index >= 15 is 0 Å². The Morgan fingerprint density at radius 3 is 2.48 bits per heavy atom. The van der Waals surface area contributed by atoms with Crippen LogP contribution in [0.15, 0.2) is 108 Å². The molecular weight excluding hydrogens is 552 g/mol. The number of nitrogens with one attached hydrogen (secondary N) is 1. The Morgan fingerprint density at radius 2 is 1.76 bits per heavy atom. The summed E-state index contributed by atoms with van der Waals surface area (Å²) in [5.74, 6) is 2.98. The van der Waals surface area contributed by atoms with E-state index in [1.807, 2.05) is 90.7 Å². The van der Waals surface area contributed by atoms with E-state index in [4.69, 9.17) is 26.1 Å². The van der Waals surface area contributed by atoms with Crippen molar-refractivity contribution in [2.75, 3.05) is 12.0 Å². The van der Waals surface area contributed by atoms with Crippen LogP contribution < -0.4 is 19.7 Å². The van der Waals surface area contributed by atoms with Crippen molar-refractivity contribution in [2.45, 2.75) is 19.0 Å². The molecule has 0 amide bonds. The molecule has 3 heterocycles. The fourth-order valence-corrected chi connectivity index (χ4v) is 5.39. The normalized spacial score (nSPS) is 16.2. The first-order valence-electron chi connectivity index (χ1n) is 13.2. The van der Waals surface area contributed by atoms with E-state index in [0.717, 1.165) is 22.7 Å². The van der Waals surface area contributed by atoms with E-state index < -0.39 is 4.92 Å². The maximum Gasteiger partial charge on any atom is 0.273 e. The van der Waals surface area contributed by atoms with Crippen LogP contribution in [0.4, 0.5) is 11.4 Å². The number of nitro groups is 1. The number of nitrogens with zero attached hydrogens (tertiary/aromatic N) is 3. The number of aromatic nitrogens is 1. The molecule has 1 fully saturated rings. The molecule has 0 saturated carbocycles. The van der Waals surface area contributed by atoms with Crippen molar-refractivity contribution < 1.29 is 18.8 Å². The quantitative estimate of drug-likeness (QED) is 0.114. The van der Waals surface area contributed by atoms with Crippen molar-refractivity contribution in [2.24, 2.45) is 0 Å². The number of thiocarbonyl (C=S) groups is 1. The molecule has 0 spiro atoms. The molecule has 210 valence electrons. The summed E-state index contributed by atoms with van der Waals surface area (Å²) in [5, 5.41) is 15.2. The SMILES string of the molecule is COc1cc([N+](=O)[O-])ccc1-c1ccc([C@H]2[C@H](c3ccccn3)NC(=S)N2c2ccc(Oc3ccccc3C)cc2)o1. The fraction of sp³-hybridized carbons (Fsp3) is 0.125. The topological polar surface area (TPSA) is 103 Å². The third-order valence-corrected chi connectivity index (χ3v) is 7.43. The zero-order valence-electron chi connectivity index (χ0n) is 22.8. The number of para-hydroxylation sites is 1. The summed E-state index contributed by atoms with van der Waals surface area (Å²) < 4.78 is 18.0. The van der Waals surface area contributed by atoms with E-state index in [1.54, 1.807) is 12.3 Å². The molecule has 0 radical (unpaired) electrons. The molecular formula is C32H26N4O5S. The van der Waals surface area contributed by atoms with Gasteiger partial charge in [-0.05, 0) is 85.4 Å². The molecule has 1 N–H and O–H groups in total. The summed E-state index contributed by atoms with van der Waals surface area (Å²) in [6.45, 7) is 2.00. The van der Waals surface area contributed by atoms with Crippen LogP contribution in [0.5, 0.6) is 17.2 Å². The van der Waals surface area contributed by atoms with E-state index in [1.165, 1.54) is 19.2 Å². The van der Waals surface area contributed by atoms with E-state index in [2.05, 4.69) is 10.3 Å². The predicted molar refractivity (Wildman–Crippen MR) is 163 cm³/mol. The third kappa shape index (κ3) is 5.15. The van der Waals surface area contributed by atoms with Crippen LogP contribution in [0, 0.1) is 17.0 Å². The number of furan rings is 1. The lowest BCUT2D eigenvalue weighted by molar-refractivity contribution is -0.384. The smallest absolute Gasteiger partial charge is 0.273 e. The van der Waals surface area contributed by atoms with Gasteiger partial charge in [-0.1, -0.05) is 24.3 Å². The van der Waals surface area contributed by atoms with E-state index in [0.29, 0.717) is 33.7 Å². The van der Waals surface area contributed by atoms with Crippen LogP contribution in [0.1, 0.15) is 29.1 Å². The molecule has 0 unspecified atom stereocenters. The van der Waals surface area contributed by atoms with Crippen LogP contribution >= 0.6 is 12.2 Å². The maximum atomic E-state index is 11.3. The van der Waals surface area contributed by atoms with Crippen molar-refractivity contribution in [3.63, 3.8) is 0 Å². The standard InChI is InChI=1S/C32H26N4O5S/c1-20-7-3-4-9-26(20)40-23-13-10-21(11-14-23)35-31(30(34-32(35)42)25-8-5-6-18-33-25)28-17-16-27(41-28)24-15-12-22(36(37)38)19-29(24)39-2/h3-19,30-31H,1-2H3,(H,34,42)/t30-,31-/m0/s1. The second kappa shape index (κ2) is 11.3. The van der Waals surface area contributed by atoms with Gasteiger partial charge in [0, 0.05) is 18.0 Å². The summed E-state index contributed by atoms with van der Waals surface area (Å²) in [6, 6.07) is 28.8. The molecule has 1 aliphatic heterocycles. The predicted octanol–water partition coefficient (Wildman–Crippen LogP) is 7.54. The van der Waals surface area contributed by atoms with Gasteiger partial charge in [-0.2, -0.15) is 0 Å². The lowest BCUT2D eigenvalue weighted by atomic mass is 10.0. The minimum absolute atomic E-state index is 0.0658. The molecule has 2 atom stereocenters. The van der Waals surface area contributed by atoms with Crippen LogP contribution in [0.25, 0.3) is 11.3 Å². The monoisotopic (exact) mass is 578 g/mol. The molecule has 9 nitrogen and oxygen atoms in total. The van der Waals surface area contributed by atoms with Crippen LogP contribution in [0.3, 0.4) is 0 Å². The Hall–Kier alpha value is -5.22. The lowest BCUT2D eigenvalue weighted by Gasteiger charge is -2.26. The van der Waals surface area contributed by atoms with Crippen molar-refractivity contribution in [1.82, 2.24) is 10.3 Å². The van der Waals surface area contributed by atoms with Gasteiger partial charge in [-0.25, -0.2) is 0 Å². The average molecular weight is 579 g/mol. The van der Waals surface area contributed by atoms with Gasteiger partial charge in [0.1, 0.15) is 34.8 Å². The number of non-ortho nitro benzene ring substituents is 1. The van der Waals surface area contributed by atoms with Gasteiger partial charge >= 0.3 is 0 Å². The molecule has 5 aromatic rings. The highest BCUT2D eigenvalue weighted by Crippen LogP contribution is 2.44. The molecule has 1 aliphatic rings. The molecule has 6 rings (SSSR count). The number of hydrogen-bond donors (Lipinski definition) is 1. The van der Waals surface area contributed by atoms with Crippen molar-refractivity contribution in [3.05, 3.63) is 130 Å². The Bertz CT molecular complexity index is 1760. The minimum Gasteiger partial charge on any atom is -0.496 e. The van der Waals surface area contributed by atoms with E-state index in [9.17, 15) is 10.1 Å². The van der Waals surface area contributed by atoms with Crippen LogP contribution in [-0.2, 0) is 0 Å². The molecule has 42 heavy (non-hydrogen) atoms. The van der Waals surface area contributed by atoms with Crippen molar-refractivity contribution in [1.29, 1.82) is 0 Å². The van der Waals surface area contributed by atoms with E-state index in [-0.39, 0.29) is 17.8 Å². The summed E-state index contributed by atoms with van der Waals surface area (Å²) in [7, 11) is 1.47. The van der Waals surface area contributed by atoms with Gasteiger partial charge in [0.15, 0.2) is 5.11 Å². The summed E-state index contributed by atoms with van der Waals surface area (Å²) in [6.07, 6.45) is 1.74. The first kappa shape index (κ1) is 27.0. The largest absolute Gasteiger partial charge is 0.496 e. The zero-order valence-corrected chi connectivity index (χ0v) is 23.6. The highest BCUT2D eigenvalue weighted by atomic mass is 32.1. The second-order valence-electron chi connectivity index (χ2n) is 9.70. The van der Waals surface area contributed by atoms with Gasteiger partial charge in [0.2, 0.25) is 0 Å². The molecule has 0 aliphatic carbocycles. The number of hydrogen-bond acceptors (Lipinski definition) is 7. The first-order valence-corrected chi connectivity index (χ1v) is 13.6. The Balaban J connectivity index is 1.37. The average Bonchev–Trinajstić information content (AvgIpc) is 3.63. The highest BCUT2D eigenvalue weighted by Gasteiger charge is 2.42. The highest BCUT2D eigenvalue weighted by molar-refractivity contribution is 7.80. The third-order valence-electron chi connectivity index (χ3n) is 7.11. The van der Waals surface area contributed by atoms with Crippen LogP contribution in [0.2, 0.25) is 0 Å². The number of pyridine rings is 1. The van der Waals surface area contributed by atoms with Gasteiger partial charge in [-0.3, -0.25) is 15.1 Å². The maximum absolute atomic E-state index is 11.3. The number of anilines is 1. The van der Waals surface area contributed by atoms with Crippen LogP contribution in [-0.4, -0.2) is 22.1 Å². The summed E-state index contributed by atoms with van der Waals surface area (Å²) >= 11 is 5.84. The first-order chi connectivity index (χ1) is 20.4. The number of nitro benzene ring substituents is 1. The number of methoxy groups -OCH3 is 1. The van der Waals surface area contributed by atoms with Gasteiger partial charge in [-0.15, -0.1) is 0 Å². The molecule has 2 aromatic heterocycles. The second-order valence-corrected chi connectivity index (χ2v) is 10.1. The molecule has 1 saturated heterocycles. The molecule has 0 bridgehead atoms. The fourth-order valence-electron chi connectivity index (χ4n) is 5.05. The Morgan fingerprint density at radius 1 is 0.976 bits per heavy atom. The zero-order chi connectivity index (χ0) is 29.2. The Labute approximate surface area is 247 Å². The molecule has 10 heteroatoms. The summed E-state index contributed by atoms with van der Waals surface area (Å²) in [4.78, 5) is 17.4.